The Bertz CT molecular complexity index is 1930. The van der Waals surface area contributed by atoms with Crippen molar-refractivity contribution in [3.8, 4) is 16.9 Å². The van der Waals surface area contributed by atoms with Crippen LogP contribution in [0.4, 0.5) is 10.5 Å². The number of aromatic amines is 1. The van der Waals surface area contributed by atoms with Crippen LogP contribution in [-0.2, 0) is 29.0 Å². The van der Waals surface area contributed by atoms with Crippen LogP contribution in [-0.4, -0.2) is 59.3 Å². The third-order valence-electron chi connectivity index (χ3n) is 8.73. The Kier molecular flexibility index (Phi) is 11.4. The number of nitrogens with zero attached hydrogens (tertiary/aromatic N) is 1. The number of likely N-dealkylation sites (tertiary alicyclic amines) is 1. The summed E-state index contributed by atoms with van der Waals surface area (Å²) in [5.74, 6) is 0.0926. The van der Waals surface area contributed by atoms with Crippen molar-refractivity contribution < 1.29 is 19.4 Å². The van der Waals surface area contributed by atoms with Gasteiger partial charge in [0.05, 0.1) is 10.4 Å². The number of benzene rings is 4. The molecule has 0 saturated carbocycles. The van der Waals surface area contributed by atoms with Gasteiger partial charge in [-0.05, 0) is 60.2 Å². The molecule has 5 aromatic rings. The second kappa shape index (κ2) is 16.4. The molecular formula is C38H41N5O5S. The molecule has 0 aliphatic carbocycles. The summed E-state index contributed by atoms with van der Waals surface area (Å²) in [6.07, 6.45) is 1.97. The molecule has 2 amide bonds. The van der Waals surface area contributed by atoms with Crippen molar-refractivity contribution in [2.45, 2.75) is 44.9 Å². The first-order valence-electron chi connectivity index (χ1n) is 16.6. The molecule has 1 saturated heterocycles. The minimum absolute atomic E-state index is 0.00521. The average molecular weight is 680 g/mol. The molecule has 1 aromatic heterocycles. The summed E-state index contributed by atoms with van der Waals surface area (Å²) in [6, 6.07) is 29.2. The Morgan fingerprint density at radius 1 is 0.918 bits per heavy atom. The molecular weight excluding hydrogens is 639 g/mol. The predicted octanol–water partition coefficient (Wildman–Crippen LogP) is 6.01. The fourth-order valence-electron chi connectivity index (χ4n) is 6.13. The number of hydrogen-bond acceptors (Lipinski definition) is 8. The van der Waals surface area contributed by atoms with Crippen molar-refractivity contribution >= 4 is 39.2 Å². The molecule has 0 radical (unpaired) electrons. The number of carbonyl (C=O) groups is 2. The molecule has 5 N–H and O–H groups in total. The van der Waals surface area contributed by atoms with Crippen LogP contribution in [0.3, 0.4) is 0 Å². The number of fused-ring (bicyclic) bond motifs is 1. The van der Waals surface area contributed by atoms with E-state index in [1.807, 2.05) is 72.8 Å². The van der Waals surface area contributed by atoms with Crippen LogP contribution in [0, 0.1) is 0 Å². The molecule has 1 aliphatic heterocycles. The van der Waals surface area contributed by atoms with E-state index in [2.05, 4.69) is 38.0 Å². The van der Waals surface area contributed by atoms with Crippen molar-refractivity contribution in [2.24, 2.45) is 0 Å². The molecule has 49 heavy (non-hydrogen) atoms. The number of ether oxygens (including phenoxy) is 1. The van der Waals surface area contributed by atoms with Gasteiger partial charge in [0.1, 0.15) is 17.4 Å². The number of rotatable bonds is 13. The third kappa shape index (κ3) is 9.35. The lowest BCUT2D eigenvalue weighted by Crippen LogP contribution is -2.40. The normalized spacial score (nSPS) is 13.7. The zero-order valence-electron chi connectivity index (χ0n) is 27.2. The lowest BCUT2D eigenvalue weighted by atomic mass is 10.0. The van der Waals surface area contributed by atoms with Gasteiger partial charge < -0.3 is 30.4 Å². The first-order chi connectivity index (χ1) is 23.9. The van der Waals surface area contributed by atoms with E-state index in [1.54, 1.807) is 6.07 Å². The molecule has 254 valence electrons. The maximum Gasteiger partial charge on any atom is 0.411 e. The Labute approximate surface area is 289 Å². The number of piperidine rings is 1. The number of para-hydroxylation sites is 1. The summed E-state index contributed by atoms with van der Waals surface area (Å²) in [5.41, 5.74) is 6.35. The number of carbonyl (C=O) groups excluding carboxylic acids is 2. The lowest BCUT2D eigenvalue weighted by molar-refractivity contribution is -0.121. The van der Waals surface area contributed by atoms with Crippen LogP contribution in [0.5, 0.6) is 5.75 Å². The largest absolute Gasteiger partial charge is 0.506 e. The van der Waals surface area contributed by atoms with Crippen LogP contribution in [0.15, 0.2) is 95.8 Å². The van der Waals surface area contributed by atoms with E-state index < -0.39 is 6.09 Å². The lowest BCUT2D eigenvalue weighted by Gasteiger charge is -2.31. The first kappa shape index (κ1) is 33.9. The number of aromatic nitrogens is 1. The highest BCUT2D eigenvalue weighted by atomic mass is 32.1. The summed E-state index contributed by atoms with van der Waals surface area (Å²) < 4.78 is 6.54. The fraction of sp³-hybridized carbons (Fsp3) is 0.289. The van der Waals surface area contributed by atoms with E-state index in [0.717, 1.165) is 76.2 Å². The van der Waals surface area contributed by atoms with Gasteiger partial charge in [-0.15, -0.1) is 0 Å². The molecule has 4 aromatic carbocycles. The Morgan fingerprint density at radius 2 is 1.67 bits per heavy atom. The number of nitrogens with one attached hydrogen (secondary N) is 4. The van der Waals surface area contributed by atoms with Crippen LogP contribution >= 0.6 is 11.3 Å². The molecule has 1 fully saturated rings. The van der Waals surface area contributed by atoms with Gasteiger partial charge in [-0.2, -0.15) is 0 Å². The number of thiazole rings is 1. The number of phenols is 1. The Morgan fingerprint density at radius 3 is 2.49 bits per heavy atom. The fourth-order valence-corrected chi connectivity index (χ4v) is 7.02. The molecule has 0 bridgehead atoms. The minimum Gasteiger partial charge on any atom is -0.506 e. The quantitative estimate of drug-likeness (QED) is 0.0962. The smallest absolute Gasteiger partial charge is 0.411 e. The van der Waals surface area contributed by atoms with Gasteiger partial charge in [-0.3, -0.25) is 14.9 Å². The van der Waals surface area contributed by atoms with E-state index in [1.165, 1.54) is 0 Å². The van der Waals surface area contributed by atoms with Crippen LogP contribution in [0.2, 0.25) is 0 Å². The van der Waals surface area contributed by atoms with Crippen molar-refractivity contribution in [1.82, 2.24) is 20.5 Å². The number of phenolic OH excluding ortho intramolecular Hbond substituents is 1. The molecule has 11 heteroatoms. The summed E-state index contributed by atoms with van der Waals surface area (Å²) in [7, 11) is 0. The van der Waals surface area contributed by atoms with Crippen LogP contribution < -0.4 is 20.8 Å². The highest BCUT2D eigenvalue weighted by molar-refractivity contribution is 7.16. The van der Waals surface area contributed by atoms with Crippen LogP contribution in [0.1, 0.15) is 36.0 Å². The van der Waals surface area contributed by atoms with Gasteiger partial charge in [-0.25, -0.2) is 4.79 Å². The zero-order chi connectivity index (χ0) is 34.0. The van der Waals surface area contributed by atoms with Crippen molar-refractivity contribution in [3.63, 3.8) is 0 Å². The van der Waals surface area contributed by atoms with E-state index in [4.69, 9.17) is 4.74 Å². The second-order valence-corrected chi connectivity index (χ2v) is 13.2. The molecule has 0 spiro atoms. The summed E-state index contributed by atoms with van der Waals surface area (Å²) in [5, 5.41) is 19.4. The first-order valence-corrected chi connectivity index (χ1v) is 17.5. The van der Waals surface area contributed by atoms with Crippen molar-refractivity contribution in [3.05, 3.63) is 117 Å². The SMILES string of the molecule is O=C(CCN1CCC(OC(=O)Nc2ccccc2-c2ccccc2)CC1)NCc1cccc(CNCCc2ccc(O)c3[nH]c(=O)sc23)c1. The van der Waals surface area contributed by atoms with Gasteiger partial charge in [0.25, 0.3) is 0 Å². The topological polar surface area (TPSA) is 136 Å². The van der Waals surface area contributed by atoms with Gasteiger partial charge in [0.2, 0.25) is 5.91 Å². The Hall–Kier alpha value is -4.97. The maximum atomic E-state index is 12.7. The van der Waals surface area contributed by atoms with Gasteiger partial charge in [0, 0.05) is 44.7 Å². The molecule has 10 nitrogen and oxygen atoms in total. The van der Waals surface area contributed by atoms with Gasteiger partial charge >= 0.3 is 11.0 Å². The summed E-state index contributed by atoms with van der Waals surface area (Å²) in [6.45, 7) is 4.05. The third-order valence-corrected chi connectivity index (χ3v) is 9.69. The molecule has 1 aliphatic rings. The van der Waals surface area contributed by atoms with Gasteiger partial charge in [0.15, 0.2) is 0 Å². The average Bonchev–Trinajstić information content (AvgIpc) is 3.53. The van der Waals surface area contributed by atoms with E-state index in [0.29, 0.717) is 43.8 Å². The molecule has 6 rings (SSSR count). The molecule has 0 unspecified atom stereocenters. The number of aromatic hydroxyl groups is 1. The number of H-pyrrole nitrogens is 1. The van der Waals surface area contributed by atoms with Crippen molar-refractivity contribution in [2.75, 3.05) is 31.5 Å². The zero-order valence-corrected chi connectivity index (χ0v) is 28.1. The van der Waals surface area contributed by atoms with Gasteiger partial charge in [-0.1, -0.05) is 90.2 Å². The standard InChI is InChI=1S/C38H41N5O5S/c44-33-14-13-29(36-35(33)42-38(47)49-36)15-19-39-24-26-7-6-8-27(23-26)25-40-34(45)18-22-43-20-16-30(17-21-43)48-37(46)41-32-12-5-4-11-31(32)28-9-2-1-3-10-28/h1-14,23,30,39,44H,15-22,24-25H2,(H,40,45)(H,41,46)(H,42,47). The highest BCUT2D eigenvalue weighted by Crippen LogP contribution is 2.29. The number of hydrogen-bond donors (Lipinski definition) is 5. The highest BCUT2D eigenvalue weighted by Gasteiger charge is 2.23. The summed E-state index contributed by atoms with van der Waals surface area (Å²) in [4.78, 5) is 41.9. The van der Waals surface area contributed by atoms with E-state index >= 15 is 0 Å². The predicted molar refractivity (Wildman–Crippen MR) is 194 cm³/mol. The maximum absolute atomic E-state index is 12.7. The number of amides is 2. The monoisotopic (exact) mass is 679 g/mol. The molecule has 0 atom stereocenters. The van der Waals surface area contributed by atoms with Crippen LogP contribution in [0.25, 0.3) is 21.3 Å². The molecule has 2 heterocycles. The van der Waals surface area contributed by atoms with Crippen molar-refractivity contribution in [1.29, 1.82) is 0 Å². The minimum atomic E-state index is -0.450. The summed E-state index contributed by atoms with van der Waals surface area (Å²) >= 11 is 1.12. The van der Waals surface area contributed by atoms with E-state index in [-0.39, 0.29) is 22.6 Å². The Balaban J connectivity index is 0.870. The van der Waals surface area contributed by atoms with E-state index in [9.17, 15) is 19.5 Å². The second-order valence-electron chi connectivity index (χ2n) is 12.2. The number of anilines is 1.